The van der Waals surface area contributed by atoms with Gasteiger partial charge in [0.05, 0.1) is 16.3 Å². The molecule has 0 aliphatic heterocycles. The van der Waals surface area contributed by atoms with Crippen LogP contribution >= 0.6 is 11.3 Å². The molecule has 0 bridgehead atoms. The number of carbonyl (C=O) groups is 1. The molecule has 2 N–H and O–H groups in total. The van der Waals surface area contributed by atoms with Crippen molar-refractivity contribution in [3.05, 3.63) is 58.9 Å². The Morgan fingerprint density at radius 2 is 2.05 bits per heavy atom. The summed E-state index contributed by atoms with van der Waals surface area (Å²) in [6, 6.07) is 9.23. The number of halogens is 1. The quantitative estimate of drug-likeness (QED) is 0.772. The number of thiophene rings is 1. The second-order valence-corrected chi connectivity index (χ2v) is 5.77. The van der Waals surface area contributed by atoms with E-state index in [9.17, 15) is 9.18 Å². The summed E-state index contributed by atoms with van der Waals surface area (Å²) in [6.07, 6.45) is 1.68. The van der Waals surface area contributed by atoms with Crippen molar-refractivity contribution >= 4 is 22.9 Å². The molecule has 0 saturated carbocycles. The monoisotopic (exact) mass is 301 g/mol. The number of aromatic amines is 1. The molecule has 6 heteroatoms. The van der Waals surface area contributed by atoms with E-state index >= 15 is 0 Å². The number of H-pyrrole nitrogens is 1. The van der Waals surface area contributed by atoms with Gasteiger partial charge in [-0.05, 0) is 43.3 Å². The number of hydrogen-bond acceptors (Lipinski definition) is 3. The third-order valence-corrected chi connectivity index (χ3v) is 4.12. The van der Waals surface area contributed by atoms with Gasteiger partial charge in [-0.1, -0.05) is 0 Å². The van der Waals surface area contributed by atoms with Crippen molar-refractivity contribution in [2.75, 3.05) is 5.32 Å². The summed E-state index contributed by atoms with van der Waals surface area (Å²) in [5.41, 5.74) is 2.08. The molecule has 21 heavy (non-hydrogen) atoms. The van der Waals surface area contributed by atoms with Gasteiger partial charge in [0.2, 0.25) is 0 Å². The Morgan fingerprint density at radius 3 is 2.71 bits per heavy atom. The van der Waals surface area contributed by atoms with Crippen molar-refractivity contribution in [2.24, 2.45) is 0 Å². The van der Waals surface area contributed by atoms with Crippen molar-refractivity contribution in [2.45, 2.75) is 6.92 Å². The molecule has 0 unspecified atom stereocenters. The minimum absolute atomic E-state index is 0.257. The van der Waals surface area contributed by atoms with Gasteiger partial charge in [-0.2, -0.15) is 5.10 Å². The van der Waals surface area contributed by atoms with Crippen molar-refractivity contribution < 1.29 is 9.18 Å². The van der Waals surface area contributed by atoms with Crippen molar-refractivity contribution in [1.29, 1.82) is 0 Å². The molecule has 0 aliphatic rings. The zero-order valence-corrected chi connectivity index (χ0v) is 12.0. The van der Waals surface area contributed by atoms with Gasteiger partial charge < -0.3 is 5.32 Å². The largest absolute Gasteiger partial charge is 0.321 e. The molecule has 0 atom stereocenters. The van der Waals surface area contributed by atoms with Gasteiger partial charge in [0.25, 0.3) is 5.91 Å². The summed E-state index contributed by atoms with van der Waals surface area (Å²) in [7, 11) is 0. The predicted octanol–water partition coefficient (Wildman–Crippen LogP) is 3.84. The molecule has 106 valence electrons. The Kier molecular flexibility index (Phi) is 3.53. The van der Waals surface area contributed by atoms with Crippen molar-refractivity contribution in [1.82, 2.24) is 10.2 Å². The Morgan fingerprint density at radius 1 is 1.29 bits per heavy atom. The fraction of sp³-hybridized carbons (Fsp3) is 0.0667. The summed E-state index contributed by atoms with van der Waals surface area (Å²) < 4.78 is 12.9. The van der Waals surface area contributed by atoms with Crippen LogP contribution in [-0.4, -0.2) is 16.1 Å². The fourth-order valence-corrected chi connectivity index (χ4v) is 2.88. The van der Waals surface area contributed by atoms with Crippen LogP contribution in [0.5, 0.6) is 0 Å². The minimum atomic E-state index is -0.361. The third kappa shape index (κ3) is 2.85. The van der Waals surface area contributed by atoms with Gasteiger partial charge in [-0.15, -0.1) is 11.3 Å². The van der Waals surface area contributed by atoms with Crippen molar-refractivity contribution in [3.63, 3.8) is 0 Å². The maximum Gasteiger partial charge on any atom is 0.255 e. The lowest BCUT2D eigenvalue weighted by atomic mass is 10.2. The first kappa shape index (κ1) is 13.5. The highest BCUT2D eigenvalue weighted by Gasteiger charge is 2.12. The Bertz CT molecular complexity index is 763. The summed E-state index contributed by atoms with van der Waals surface area (Å²) in [5.74, 6) is -0.619. The fourth-order valence-electron chi connectivity index (χ4n) is 1.93. The first-order valence-electron chi connectivity index (χ1n) is 6.30. The first-order chi connectivity index (χ1) is 10.1. The molecule has 0 saturated heterocycles. The molecule has 0 aliphatic carbocycles. The van der Waals surface area contributed by atoms with Gasteiger partial charge in [0, 0.05) is 16.6 Å². The molecule has 3 aromatic rings. The van der Waals surface area contributed by atoms with E-state index in [-0.39, 0.29) is 11.7 Å². The van der Waals surface area contributed by atoms with E-state index in [1.54, 1.807) is 17.5 Å². The predicted molar refractivity (Wildman–Crippen MR) is 81.0 cm³/mol. The summed E-state index contributed by atoms with van der Waals surface area (Å²) in [6.45, 7) is 1.94. The number of carbonyl (C=O) groups excluding carboxylic acids is 1. The average molecular weight is 301 g/mol. The van der Waals surface area contributed by atoms with Crippen LogP contribution in [0.2, 0.25) is 0 Å². The minimum Gasteiger partial charge on any atom is -0.321 e. The third-order valence-electron chi connectivity index (χ3n) is 3.04. The summed E-state index contributed by atoms with van der Waals surface area (Å²) in [5, 5.41) is 9.65. The van der Waals surface area contributed by atoms with E-state index in [0.29, 0.717) is 5.56 Å². The van der Waals surface area contributed by atoms with E-state index in [1.807, 2.05) is 19.1 Å². The SMILES string of the molecule is Cc1sc(-c2ccn[nH]2)cc1NC(=O)c1ccc(F)cc1. The molecular formula is C15H12FN3OS. The van der Waals surface area contributed by atoms with Crippen LogP contribution in [0.25, 0.3) is 10.6 Å². The number of benzene rings is 1. The molecule has 2 heterocycles. The molecule has 1 amide bonds. The van der Waals surface area contributed by atoms with E-state index in [4.69, 9.17) is 0 Å². The smallest absolute Gasteiger partial charge is 0.255 e. The van der Waals surface area contributed by atoms with Gasteiger partial charge in [0.1, 0.15) is 5.82 Å². The van der Waals surface area contributed by atoms with Crippen LogP contribution in [0.1, 0.15) is 15.2 Å². The number of aromatic nitrogens is 2. The van der Waals surface area contributed by atoms with Gasteiger partial charge >= 0.3 is 0 Å². The number of hydrogen-bond donors (Lipinski definition) is 2. The standard InChI is InChI=1S/C15H12FN3OS/c1-9-13(8-14(21-9)12-6-7-17-19-12)18-15(20)10-2-4-11(16)5-3-10/h2-8H,1H3,(H,17,19)(H,18,20). The molecule has 1 aromatic carbocycles. The van der Waals surface area contributed by atoms with Crippen LogP contribution in [0.3, 0.4) is 0 Å². The molecule has 3 rings (SSSR count). The number of nitrogens with zero attached hydrogens (tertiary/aromatic N) is 1. The van der Waals surface area contributed by atoms with Gasteiger partial charge in [-0.25, -0.2) is 4.39 Å². The first-order valence-corrected chi connectivity index (χ1v) is 7.12. The maximum atomic E-state index is 12.9. The van der Waals surface area contributed by atoms with Crippen LogP contribution in [0.4, 0.5) is 10.1 Å². The number of anilines is 1. The summed E-state index contributed by atoms with van der Waals surface area (Å²) >= 11 is 1.57. The highest BCUT2D eigenvalue weighted by Crippen LogP contribution is 2.33. The van der Waals surface area contributed by atoms with Crippen LogP contribution in [-0.2, 0) is 0 Å². The Balaban J connectivity index is 1.82. The van der Waals surface area contributed by atoms with Crippen LogP contribution in [0.15, 0.2) is 42.6 Å². The molecule has 4 nitrogen and oxygen atoms in total. The molecule has 0 spiro atoms. The lowest BCUT2D eigenvalue weighted by Gasteiger charge is -2.04. The highest BCUT2D eigenvalue weighted by atomic mass is 32.1. The zero-order chi connectivity index (χ0) is 14.8. The normalized spacial score (nSPS) is 10.6. The van der Waals surface area contributed by atoms with E-state index in [2.05, 4.69) is 15.5 Å². The number of aryl methyl sites for hydroxylation is 1. The second-order valence-electron chi connectivity index (χ2n) is 4.51. The zero-order valence-electron chi connectivity index (χ0n) is 11.2. The van der Waals surface area contributed by atoms with E-state index in [1.165, 1.54) is 24.3 Å². The number of nitrogens with one attached hydrogen (secondary N) is 2. The van der Waals surface area contributed by atoms with E-state index < -0.39 is 0 Å². The van der Waals surface area contributed by atoms with Gasteiger partial charge in [0.15, 0.2) is 0 Å². The molecule has 2 aromatic heterocycles. The topological polar surface area (TPSA) is 57.8 Å². The molecule has 0 fully saturated rings. The highest BCUT2D eigenvalue weighted by molar-refractivity contribution is 7.16. The van der Waals surface area contributed by atoms with Crippen LogP contribution < -0.4 is 5.32 Å². The van der Waals surface area contributed by atoms with Crippen LogP contribution in [0, 0.1) is 12.7 Å². The molecular weight excluding hydrogens is 289 g/mol. The van der Waals surface area contributed by atoms with Crippen molar-refractivity contribution in [3.8, 4) is 10.6 Å². The molecule has 0 radical (unpaired) electrons. The Hall–Kier alpha value is -2.47. The van der Waals surface area contributed by atoms with Gasteiger partial charge in [-0.3, -0.25) is 9.89 Å². The number of amides is 1. The summed E-state index contributed by atoms with van der Waals surface area (Å²) in [4.78, 5) is 14.1. The average Bonchev–Trinajstić information content (AvgIpc) is 3.10. The van der Waals surface area contributed by atoms with E-state index in [0.717, 1.165) is 21.1 Å². The Labute approximate surface area is 124 Å². The lowest BCUT2D eigenvalue weighted by molar-refractivity contribution is 0.102. The maximum absolute atomic E-state index is 12.9. The second kappa shape index (κ2) is 5.49. The number of rotatable bonds is 3. The lowest BCUT2D eigenvalue weighted by Crippen LogP contribution is -2.11.